The maximum Gasteiger partial charge on any atom is 0.338 e. The van der Waals surface area contributed by atoms with Crippen LogP contribution < -0.4 is 15.0 Å². The predicted octanol–water partition coefficient (Wildman–Crippen LogP) is 4.38. The van der Waals surface area contributed by atoms with Gasteiger partial charge in [0.1, 0.15) is 17.6 Å². The molecule has 3 aromatic rings. The molecule has 4 rings (SSSR count). The summed E-state index contributed by atoms with van der Waals surface area (Å²) in [5, 5.41) is 2.70. The molecular formula is C28H26FN3O6. The third kappa shape index (κ3) is 5.80. The van der Waals surface area contributed by atoms with Gasteiger partial charge in [-0.2, -0.15) is 0 Å². The van der Waals surface area contributed by atoms with Crippen molar-refractivity contribution in [3.8, 4) is 5.75 Å². The zero-order chi connectivity index (χ0) is 27.2. The summed E-state index contributed by atoms with van der Waals surface area (Å²) in [6, 6.07) is 16.4. The number of carbonyl (C=O) groups excluding carboxylic acids is 4. The minimum atomic E-state index is -1.09. The number of hydrogen-bond acceptors (Lipinski definition) is 6. The zero-order valence-electron chi connectivity index (χ0n) is 20.8. The average Bonchev–Trinajstić information content (AvgIpc) is 3.14. The van der Waals surface area contributed by atoms with Crippen molar-refractivity contribution in [3.05, 3.63) is 89.7 Å². The molecule has 0 unspecified atom stereocenters. The van der Waals surface area contributed by atoms with E-state index in [1.807, 2.05) is 0 Å². The van der Waals surface area contributed by atoms with Crippen molar-refractivity contribution in [1.29, 1.82) is 0 Å². The highest BCUT2D eigenvalue weighted by molar-refractivity contribution is 6.22. The third-order valence-corrected chi connectivity index (χ3v) is 5.97. The van der Waals surface area contributed by atoms with E-state index in [4.69, 9.17) is 9.47 Å². The Kier molecular flexibility index (Phi) is 8.00. The summed E-state index contributed by atoms with van der Waals surface area (Å²) in [5.41, 5.74) is 1.69. The second kappa shape index (κ2) is 11.5. The molecule has 1 fully saturated rings. The fraction of sp³-hybridized carbons (Fsp3) is 0.214. The van der Waals surface area contributed by atoms with Crippen LogP contribution in [0.25, 0.3) is 0 Å². The molecule has 0 saturated carbocycles. The van der Waals surface area contributed by atoms with E-state index in [0.717, 1.165) is 4.90 Å². The van der Waals surface area contributed by atoms with Crippen LogP contribution in [0, 0.1) is 5.82 Å². The van der Waals surface area contributed by atoms with Crippen LogP contribution in [0.2, 0.25) is 0 Å². The molecule has 0 radical (unpaired) electrons. The van der Waals surface area contributed by atoms with Gasteiger partial charge in [0.05, 0.1) is 31.4 Å². The zero-order valence-corrected chi connectivity index (χ0v) is 20.8. The van der Waals surface area contributed by atoms with Crippen molar-refractivity contribution in [3.63, 3.8) is 0 Å². The number of nitrogens with one attached hydrogen (secondary N) is 1. The molecule has 0 aliphatic carbocycles. The molecule has 1 heterocycles. The molecule has 0 aromatic heterocycles. The van der Waals surface area contributed by atoms with Crippen LogP contribution in [0.4, 0.5) is 20.6 Å². The van der Waals surface area contributed by atoms with E-state index >= 15 is 0 Å². The van der Waals surface area contributed by atoms with Gasteiger partial charge in [-0.05, 0) is 73.2 Å². The molecule has 9 nitrogen and oxygen atoms in total. The number of esters is 1. The summed E-state index contributed by atoms with van der Waals surface area (Å²) in [6.45, 7) is 1.95. The quantitative estimate of drug-likeness (QED) is 0.332. The van der Waals surface area contributed by atoms with Gasteiger partial charge in [0, 0.05) is 12.2 Å². The number of hydrogen-bond donors (Lipinski definition) is 1. The molecule has 3 aromatic carbocycles. The Bertz CT molecular complexity index is 1330. The van der Waals surface area contributed by atoms with Crippen molar-refractivity contribution in [1.82, 2.24) is 4.90 Å². The molecule has 4 amide bonds. The Morgan fingerprint density at radius 3 is 2.21 bits per heavy atom. The largest absolute Gasteiger partial charge is 0.497 e. The first-order valence-corrected chi connectivity index (χ1v) is 11.9. The van der Waals surface area contributed by atoms with Crippen molar-refractivity contribution in [2.75, 3.05) is 23.9 Å². The summed E-state index contributed by atoms with van der Waals surface area (Å²) in [4.78, 5) is 53.9. The van der Waals surface area contributed by atoms with Gasteiger partial charge >= 0.3 is 12.0 Å². The SMILES string of the molecule is CCOC(=O)c1ccc(NC(=O)C[C@H]2C(=O)N(c3ccc(OC)cc3)C(=O)N2Cc2ccc(F)cc2)cc1. The molecule has 0 bridgehead atoms. The number of nitrogens with zero attached hydrogens (tertiary/aromatic N) is 2. The predicted molar refractivity (Wildman–Crippen MR) is 137 cm³/mol. The monoisotopic (exact) mass is 519 g/mol. The van der Waals surface area contributed by atoms with Gasteiger partial charge in [-0.15, -0.1) is 0 Å². The molecule has 196 valence electrons. The smallest absolute Gasteiger partial charge is 0.338 e. The first kappa shape index (κ1) is 26.3. The maximum atomic E-state index is 13.4. The van der Waals surface area contributed by atoms with E-state index < -0.39 is 35.7 Å². The number of urea groups is 1. The normalized spacial score (nSPS) is 15.0. The first-order valence-electron chi connectivity index (χ1n) is 11.9. The molecule has 38 heavy (non-hydrogen) atoms. The van der Waals surface area contributed by atoms with E-state index in [1.54, 1.807) is 43.3 Å². The summed E-state index contributed by atoms with van der Waals surface area (Å²) in [7, 11) is 1.50. The number of methoxy groups -OCH3 is 1. The molecule has 10 heteroatoms. The highest BCUT2D eigenvalue weighted by atomic mass is 19.1. The van der Waals surface area contributed by atoms with Crippen molar-refractivity contribution < 1.29 is 33.0 Å². The van der Waals surface area contributed by atoms with Crippen LogP contribution in [0.5, 0.6) is 5.75 Å². The molecule has 1 aliphatic rings. The summed E-state index contributed by atoms with van der Waals surface area (Å²) in [5.74, 6) is -1.41. The van der Waals surface area contributed by atoms with E-state index in [0.29, 0.717) is 28.3 Å². The standard InChI is InChI=1S/C28H26FN3O6/c1-3-38-27(35)19-6-10-21(11-7-19)30-25(33)16-24-26(34)32(22-12-14-23(37-2)15-13-22)28(36)31(24)17-18-4-8-20(29)9-5-18/h4-15,24H,3,16-17H2,1-2H3,(H,30,33)/t24-/m0/s1. The fourth-order valence-electron chi connectivity index (χ4n) is 4.06. The van der Waals surface area contributed by atoms with Crippen molar-refractivity contribution >= 4 is 35.2 Å². The minimum Gasteiger partial charge on any atom is -0.497 e. The minimum absolute atomic E-state index is 0.00366. The van der Waals surface area contributed by atoms with E-state index in [9.17, 15) is 23.6 Å². The van der Waals surface area contributed by atoms with Crippen LogP contribution in [-0.4, -0.2) is 48.5 Å². The van der Waals surface area contributed by atoms with E-state index in [-0.39, 0.29) is 19.6 Å². The highest BCUT2D eigenvalue weighted by Crippen LogP contribution is 2.30. The number of anilines is 2. The van der Waals surface area contributed by atoms with E-state index in [2.05, 4.69) is 5.32 Å². The molecule has 0 spiro atoms. The number of benzene rings is 3. The van der Waals surface area contributed by atoms with Crippen LogP contribution in [0.15, 0.2) is 72.8 Å². The average molecular weight is 520 g/mol. The van der Waals surface area contributed by atoms with Gasteiger partial charge in [0.2, 0.25) is 5.91 Å². The summed E-state index contributed by atoms with van der Waals surface area (Å²) >= 11 is 0. The molecule has 1 atom stereocenters. The van der Waals surface area contributed by atoms with Gasteiger partial charge in [-0.3, -0.25) is 9.59 Å². The van der Waals surface area contributed by atoms with Gasteiger partial charge in [0.15, 0.2) is 0 Å². The Labute approximate surface area is 218 Å². The number of imide groups is 1. The summed E-state index contributed by atoms with van der Waals surface area (Å²) in [6.07, 6.45) is -0.307. The number of amides is 4. The molecular weight excluding hydrogens is 493 g/mol. The Balaban J connectivity index is 1.54. The van der Waals surface area contributed by atoms with E-state index in [1.165, 1.54) is 48.4 Å². The second-order valence-electron chi connectivity index (χ2n) is 8.47. The molecule has 1 saturated heterocycles. The molecule has 1 N–H and O–H groups in total. The second-order valence-corrected chi connectivity index (χ2v) is 8.47. The number of rotatable bonds is 9. The van der Waals surface area contributed by atoms with Crippen LogP contribution >= 0.6 is 0 Å². The van der Waals surface area contributed by atoms with Gasteiger partial charge < -0.3 is 19.7 Å². The van der Waals surface area contributed by atoms with Crippen LogP contribution in [-0.2, 0) is 20.9 Å². The Morgan fingerprint density at radius 1 is 0.947 bits per heavy atom. The lowest BCUT2D eigenvalue weighted by molar-refractivity contribution is -0.124. The lowest BCUT2D eigenvalue weighted by atomic mass is 10.1. The fourth-order valence-corrected chi connectivity index (χ4v) is 4.06. The lowest BCUT2D eigenvalue weighted by Gasteiger charge is -2.21. The number of ether oxygens (including phenoxy) is 2. The maximum absolute atomic E-state index is 13.4. The summed E-state index contributed by atoms with van der Waals surface area (Å²) < 4.78 is 23.5. The van der Waals surface area contributed by atoms with Crippen molar-refractivity contribution in [2.45, 2.75) is 25.9 Å². The first-order chi connectivity index (χ1) is 18.3. The van der Waals surface area contributed by atoms with Crippen LogP contribution in [0.3, 0.4) is 0 Å². The third-order valence-electron chi connectivity index (χ3n) is 5.97. The topological polar surface area (TPSA) is 105 Å². The van der Waals surface area contributed by atoms with Crippen LogP contribution in [0.1, 0.15) is 29.3 Å². The van der Waals surface area contributed by atoms with Crippen molar-refractivity contribution in [2.24, 2.45) is 0 Å². The van der Waals surface area contributed by atoms with Gasteiger partial charge in [0.25, 0.3) is 5.91 Å². The number of carbonyl (C=O) groups is 4. The van der Waals surface area contributed by atoms with Gasteiger partial charge in [-0.1, -0.05) is 12.1 Å². The number of halogens is 1. The highest BCUT2D eigenvalue weighted by Gasteiger charge is 2.46. The van der Waals surface area contributed by atoms with Gasteiger partial charge in [-0.25, -0.2) is 18.9 Å². The Hall–Kier alpha value is -4.73. The Morgan fingerprint density at radius 2 is 1.61 bits per heavy atom. The molecule has 1 aliphatic heterocycles. The lowest BCUT2D eigenvalue weighted by Crippen LogP contribution is -2.37.